The van der Waals surface area contributed by atoms with Crippen molar-refractivity contribution in [1.82, 2.24) is 0 Å². The number of aryl methyl sites for hydroxylation is 1. The molecule has 1 amide bonds. The van der Waals surface area contributed by atoms with E-state index in [0.29, 0.717) is 6.42 Å². The summed E-state index contributed by atoms with van der Waals surface area (Å²) < 4.78 is 5.20. The number of hydrogen-bond acceptors (Lipinski definition) is 2. The van der Waals surface area contributed by atoms with Crippen molar-refractivity contribution in [2.24, 2.45) is 0 Å². The molecule has 16 heavy (non-hydrogen) atoms. The SMILES string of the molecule is COc1ccc(N2CC(Br)CC2=O)cc1C. The third-order valence-corrected chi connectivity index (χ3v) is 3.38. The molecular formula is C12H14BrNO2. The third-order valence-electron chi connectivity index (χ3n) is 2.77. The maximum atomic E-state index is 11.7. The van der Waals surface area contributed by atoms with Crippen LogP contribution in [0, 0.1) is 6.92 Å². The van der Waals surface area contributed by atoms with Gasteiger partial charge in [-0.1, -0.05) is 15.9 Å². The number of benzene rings is 1. The number of rotatable bonds is 2. The van der Waals surface area contributed by atoms with E-state index in [1.807, 2.05) is 30.0 Å². The van der Waals surface area contributed by atoms with Crippen LogP contribution in [0.2, 0.25) is 0 Å². The van der Waals surface area contributed by atoms with Gasteiger partial charge in [0.05, 0.1) is 7.11 Å². The fraction of sp³-hybridized carbons (Fsp3) is 0.417. The number of ether oxygens (including phenoxy) is 1. The quantitative estimate of drug-likeness (QED) is 0.781. The standard InChI is InChI=1S/C12H14BrNO2/c1-8-5-10(3-4-11(8)16-2)14-7-9(13)6-12(14)15/h3-5,9H,6-7H2,1-2H3. The Labute approximate surface area is 104 Å². The van der Waals surface area contributed by atoms with Crippen molar-refractivity contribution in [3.8, 4) is 5.75 Å². The summed E-state index contributed by atoms with van der Waals surface area (Å²) in [7, 11) is 1.65. The number of amides is 1. The average Bonchev–Trinajstić information content (AvgIpc) is 2.58. The molecule has 4 heteroatoms. The zero-order chi connectivity index (χ0) is 11.7. The molecule has 0 spiro atoms. The van der Waals surface area contributed by atoms with Crippen molar-refractivity contribution in [2.45, 2.75) is 18.2 Å². The molecule has 1 saturated heterocycles. The van der Waals surface area contributed by atoms with Gasteiger partial charge in [0.2, 0.25) is 5.91 Å². The van der Waals surface area contributed by atoms with E-state index in [1.165, 1.54) is 0 Å². The summed E-state index contributed by atoms with van der Waals surface area (Å²) >= 11 is 3.48. The summed E-state index contributed by atoms with van der Waals surface area (Å²) in [5.74, 6) is 1.03. The maximum absolute atomic E-state index is 11.7. The van der Waals surface area contributed by atoms with Crippen molar-refractivity contribution in [3.05, 3.63) is 23.8 Å². The smallest absolute Gasteiger partial charge is 0.228 e. The Hall–Kier alpha value is -1.03. The molecule has 0 radical (unpaired) electrons. The highest BCUT2D eigenvalue weighted by atomic mass is 79.9. The Kier molecular flexibility index (Phi) is 3.19. The van der Waals surface area contributed by atoms with E-state index < -0.39 is 0 Å². The Morgan fingerprint density at radius 3 is 2.75 bits per heavy atom. The molecule has 0 aromatic heterocycles. The van der Waals surface area contributed by atoms with Crippen LogP contribution in [0.15, 0.2) is 18.2 Å². The Bertz CT molecular complexity index is 419. The molecule has 1 atom stereocenters. The van der Waals surface area contributed by atoms with Crippen LogP contribution >= 0.6 is 15.9 Å². The monoisotopic (exact) mass is 283 g/mol. The molecule has 0 N–H and O–H groups in total. The summed E-state index contributed by atoms with van der Waals surface area (Å²) in [6.45, 7) is 2.72. The van der Waals surface area contributed by atoms with Crippen LogP contribution in [0.5, 0.6) is 5.75 Å². The molecule has 0 saturated carbocycles. The summed E-state index contributed by atoms with van der Waals surface area (Å²) in [6, 6.07) is 5.82. The first-order valence-electron chi connectivity index (χ1n) is 5.21. The van der Waals surface area contributed by atoms with Gasteiger partial charge in [-0.05, 0) is 30.7 Å². The minimum Gasteiger partial charge on any atom is -0.496 e. The van der Waals surface area contributed by atoms with E-state index in [9.17, 15) is 4.79 Å². The second kappa shape index (κ2) is 4.45. The summed E-state index contributed by atoms with van der Waals surface area (Å²) in [5.41, 5.74) is 2.00. The van der Waals surface area contributed by atoms with Gasteiger partial charge >= 0.3 is 0 Å². The van der Waals surface area contributed by atoms with Crippen LogP contribution in [0.4, 0.5) is 5.69 Å². The lowest BCUT2D eigenvalue weighted by Gasteiger charge is -2.17. The molecule has 1 aliphatic rings. The molecule has 2 rings (SSSR count). The molecule has 0 bridgehead atoms. The number of carbonyl (C=O) groups excluding carboxylic acids is 1. The molecule has 3 nitrogen and oxygen atoms in total. The van der Waals surface area contributed by atoms with Crippen LogP contribution < -0.4 is 9.64 Å². The summed E-state index contributed by atoms with van der Waals surface area (Å²) in [5, 5.41) is 0. The first-order valence-corrected chi connectivity index (χ1v) is 6.12. The van der Waals surface area contributed by atoms with Gasteiger partial charge in [-0.25, -0.2) is 0 Å². The molecule has 1 aromatic rings. The summed E-state index contributed by atoms with van der Waals surface area (Å²) in [4.78, 5) is 13.8. The van der Waals surface area contributed by atoms with Gasteiger partial charge in [-0.3, -0.25) is 4.79 Å². The number of nitrogens with zero attached hydrogens (tertiary/aromatic N) is 1. The number of hydrogen-bond donors (Lipinski definition) is 0. The Morgan fingerprint density at radius 2 is 2.25 bits per heavy atom. The first-order chi connectivity index (χ1) is 7.61. The van der Waals surface area contributed by atoms with E-state index in [4.69, 9.17) is 4.74 Å². The third kappa shape index (κ3) is 2.07. The molecule has 1 heterocycles. The van der Waals surface area contributed by atoms with Crippen LogP contribution in [-0.4, -0.2) is 24.4 Å². The predicted molar refractivity (Wildman–Crippen MR) is 67.4 cm³/mol. The lowest BCUT2D eigenvalue weighted by molar-refractivity contribution is -0.117. The fourth-order valence-electron chi connectivity index (χ4n) is 1.94. The van der Waals surface area contributed by atoms with E-state index >= 15 is 0 Å². The van der Waals surface area contributed by atoms with Gasteiger partial charge in [0, 0.05) is 23.5 Å². The Balaban J connectivity index is 2.28. The number of carbonyl (C=O) groups is 1. The second-order valence-electron chi connectivity index (χ2n) is 3.96. The molecule has 1 fully saturated rings. The van der Waals surface area contributed by atoms with Gasteiger partial charge in [-0.15, -0.1) is 0 Å². The lowest BCUT2D eigenvalue weighted by atomic mass is 10.2. The van der Waals surface area contributed by atoms with E-state index in [-0.39, 0.29) is 10.7 Å². The minimum atomic E-state index is 0.173. The van der Waals surface area contributed by atoms with Gasteiger partial charge in [0.15, 0.2) is 0 Å². The highest BCUT2D eigenvalue weighted by molar-refractivity contribution is 9.09. The summed E-state index contributed by atoms with van der Waals surface area (Å²) in [6.07, 6.45) is 0.574. The zero-order valence-corrected chi connectivity index (χ0v) is 11.0. The molecule has 86 valence electrons. The van der Waals surface area contributed by atoms with Crippen LogP contribution in [0.25, 0.3) is 0 Å². The van der Waals surface area contributed by atoms with E-state index in [0.717, 1.165) is 23.5 Å². The molecule has 0 aliphatic carbocycles. The molecule has 1 aromatic carbocycles. The van der Waals surface area contributed by atoms with Gasteiger partial charge in [0.25, 0.3) is 0 Å². The van der Waals surface area contributed by atoms with Gasteiger partial charge in [0.1, 0.15) is 5.75 Å². The highest BCUT2D eigenvalue weighted by Gasteiger charge is 2.28. The molecule has 1 aliphatic heterocycles. The van der Waals surface area contributed by atoms with Crippen molar-refractivity contribution in [3.63, 3.8) is 0 Å². The number of halogens is 1. The second-order valence-corrected chi connectivity index (χ2v) is 5.25. The maximum Gasteiger partial charge on any atom is 0.228 e. The van der Waals surface area contributed by atoms with Gasteiger partial charge in [-0.2, -0.15) is 0 Å². The predicted octanol–water partition coefficient (Wildman–Crippen LogP) is 2.50. The van der Waals surface area contributed by atoms with Crippen LogP contribution in [0.3, 0.4) is 0 Å². The van der Waals surface area contributed by atoms with Crippen molar-refractivity contribution >= 4 is 27.5 Å². The molecule has 1 unspecified atom stereocenters. The minimum absolute atomic E-state index is 0.173. The van der Waals surface area contributed by atoms with Crippen molar-refractivity contribution in [1.29, 1.82) is 0 Å². The average molecular weight is 284 g/mol. The zero-order valence-electron chi connectivity index (χ0n) is 9.37. The topological polar surface area (TPSA) is 29.5 Å². The van der Waals surface area contributed by atoms with Crippen molar-refractivity contribution < 1.29 is 9.53 Å². The largest absolute Gasteiger partial charge is 0.496 e. The van der Waals surface area contributed by atoms with E-state index in [1.54, 1.807) is 7.11 Å². The number of anilines is 1. The van der Waals surface area contributed by atoms with Crippen LogP contribution in [0.1, 0.15) is 12.0 Å². The normalized spacial score (nSPS) is 20.3. The highest BCUT2D eigenvalue weighted by Crippen LogP contribution is 2.29. The van der Waals surface area contributed by atoms with Gasteiger partial charge < -0.3 is 9.64 Å². The number of alkyl halides is 1. The fourth-order valence-corrected chi connectivity index (χ4v) is 2.51. The number of methoxy groups -OCH3 is 1. The lowest BCUT2D eigenvalue weighted by Crippen LogP contribution is -2.24. The van der Waals surface area contributed by atoms with E-state index in [2.05, 4.69) is 15.9 Å². The molecular weight excluding hydrogens is 270 g/mol. The Morgan fingerprint density at radius 1 is 1.50 bits per heavy atom. The first kappa shape index (κ1) is 11.5. The van der Waals surface area contributed by atoms with Crippen molar-refractivity contribution in [2.75, 3.05) is 18.6 Å². The van der Waals surface area contributed by atoms with Crippen LogP contribution in [-0.2, 0) is 4.79 Å².